The highest BCUT2D eigenvalue weighted by atomic mass is 16.4. The quantitative estimate of drug-likeness (QED) is 0.230. The van der Waals surface area contributed by atoms with Crippen molar-refractivity contribution in [1.82, 2.24) is 25.9 Å². The molecule has 0 aliphatic heterocycles. The van der Waals surface area contributed by atoms with Crippen LogP contribution in [0.2, 0.25) is 0 Å². The van der Waals surface area contributed by atoms with E-state index >= 15 is 0 Å². The summed E-state index contributed by atoms with van der Waals surface area (Å²) in [4.78, 5) is 57.6. The predicted molar refractivity (Wildman–Crippen MR) is 134 cm³/mol. The van der Waals surface area contributed by atoms with Crippen molar-refractivity contribution in [2.75, 3.05) is 0 Å². The molecule has 0 bridgehead atoms. The fourth-order valence-corrected chi connectivity index (χ4v) is 3.50. The first-order valence-electron chi connectivity index (χ1n) is 11.9. The highest BCUT2D eigenvalue weighted by molar-refractivity contribution is 5.94. The van der Waals surface area contributed by atoms with E-state index in [2.05, 4.69) is 25.9 Å². The van der Waals surface area contributed by atoms with Crippen molar-refractivity contribution in [3.8, 4) is 0 Å². The van der Waals surface area contributed by atoms with E-state index in [4.69, 9.17) is 5.73 Å². The molecule has 4 unspecified atom stereocenters. The van der Waals surface area contributed by atoms with Crippen molar-refractivity contribution < 1.29 is 24.3 Å². The molecular formula is C25H36N6O5. The van der Waals surface area contributed by atoms with Crippen LogP contribution in [0.15, 0.2) is 42.9 Å². The van der Waals surface area contributed by atoms with Crippen molar-refractivity contribution >= 4 is 23.7 Å². The molecule has 1 heterocycles. The van der Waals surface area contributed by atoms with Gasteiger partial charge in [0.2, 0.25) is 17.7 Å². The van der Waals surface area contributed by atoms with Gasteiger partial charge in [0.25, 0.3) is 0 Å². The van der Waals surface area contributed by atoms with Crippen LogP contribution in [0.1, 0.15) is 39.0 Å². The minimum atomic E-state index is -1.17. The Hall–Kier alpha value is -3.73. The number of carbonyl (C=O) groups is 4. The van der Waals surface area contributed by atoms with Crippen LogP contribution in [0.4, 0.5) is 0 Å². The number of hydrogen-bond donors (Lipinski definition) is 6. The molecule has 3 amide bonds. The molecular weight excluding hydrogens is 464 g/mol. The lowest BCUT2D eigenvalue weighted by molar-refractivity contribution is -0.143. The van der Waals surface area contributed by atoms with Crippen molar-refractivity contribution in [2.45, 2.75) is 64.7 Å². The first-order valence-corrected chi connectivity index (χ1v) is 11.9. The van der Waals surface area contributed by atoms with E-state index < -0.39 is 47.9 Å². The number of carboxylic acids is 1. The highest BCUT2D eigenvalue weighted by Gasteiger charge is 2.32. The van der Waals surface area contributed by atoms with E-state index in [1.165, 1.54) is 12.5 Å². The summed E-state index contributed by atoms with van der Waals surface area (Å²) in [5.74, 6) is -3.44. The molecule has 7 N–H and O–H groups in total. The second kappa shape index (κ2) is 13.4. The number of nitrogens with one attached hydrogen (secondary N) is 4. The molecule has 0 radical (unpaired) electrons. The topological polar surface area (TPSA) is 179 Å². The third-order valence-electron chi connectivity index (χ3n) is 5.78. The Morgan fingerprint density at radius 3 is 2.00 bits per heavy atom. The number of H-pyrrole nitrogens is 1. The zero-order valence-corrected chi connectivity index (χ0v) is 21.0. The first kappa shape index (κ1) is 28.5. The van der Waals surface area contributed by atoms with Gasteiger partial charge in [-0.05, 0) is 17.4 Å². The van der Waals surface area contributed by atoms with Crippen LogP contribution in [-0.4, -0.2) is 62.9 Å². The molecule has 11 heteroatoms. The zero-order chi connectivity index (χ0) is 26.8. The van der Waals surface area contributed by atoms with Crippen LogP contribution >= 0.6 is 0 Å². The number of imidazole rings is 1. The van der Waals surface area contributed by atoms with Gasteiger partial charge in [-0.15, -0.1) is 0 Å². The van der Waals surface area contributed by atoms with Gasteiger partial charge in [-0.25, -0.2) is 9.78 Å². The number of carbonyl (C=O) groups excluding carboxylic acids is 3. The summed E-state index contributed by atoms with van der Waals surface area (Å²) in [6.07, 6.45) is 3.20. The summed E-state index contributed by atoms with van der Waals surface area (Å²) in [6.45, 7) is 6.94. The number of nitrogens with two attached hydrogens (primary N) is 1. The lowest BCUT2D eigenvalue weighted by Crippen LogP contribution is -2.59. The van der Waals surface area contributed by atoms with Gasteiger partial charge in [0.05, 0.1) is 12.4 Å². The molecule has 0 aliphatic rings. The minimum absolute atomic E-state index is 0.0891. The molecule has 0 saturated carbocycles. The number of rotatable bonds is 13. The van der Waals surface area contributed by atoms with Crippen LogP contribution < -0.4 is 21.7 Å². The van der Waals surface area contributed by atoms with Gasteiger partial charge in [0.15, 0.2) is 0 Å². The molecule has 2 aromatic rings. The molecule has 0 fully saturated rings. The van der Waals surface area contributed by atoms with Crippen molar-refractivity contribution in [3.05, 3.63) is 54.1 Å². The molecule has 0 saturated heterocycles. The molecule has 11 nitrogen and oxygen atoms in total. The maximum Gasteiger partial charge on any atom is 0.326 e. The van der Waals surface area contributed by atoms with Crippen molar-refractivity contribution in [2.24, 2.45) is 17.6 Å². The predicted octanol–water partition coefficient (Wildman–Crippen LogP) is 0.373. The average molecular weight is 501 g/mol. The Kier molecular flexibility index (Phi) is 10.6. The smallest absolute Gasteiger partial charge is 0.326 e. The lowest BCUT2D eigenvalue weighted by atomic mass is 10.0. The zero-order valence-electron chi connectivity index (χ0n) is 21.0. The minimum Gasteiger partial charge on any atom is -0.480 e. The Bertz CT molecular complexity index is 1010. The average Bonchev–Trinajstić information content (AvgIpc) is 3.34. The Labute approximate surface area is 210 Å². The molecule has 1 aromatic carbocycles. The van der Waals surface area contributed by atoms with Gasteiger partial charge in [0.1, 0.15) is 18.1 Å². The van der Waals surface area contributed by atoms with Gasteiger partial charge >= 0.3 is 5.97 Å². The van der Waals surface area contributed by atoms with E-state index in [1.807, 2.05) is 6.07 Å². The fraction of sp³-hybridized carbons (Fsp3) is 0.480. The molecule has 0 spiro atoms. The number of amides is 3. The van der Waals surface area contributed by atoms with E-state index in [0.29, 0.717) is 5.69 Å². The summed E-state index contributed by atoms with van der Waals surface area (Å²) < 4.78 is 0. The second-order valence-corrected chi connectivity index (χ2v) is 9.43. The van der Waals surface area contributed by atoms with Gasteiger partial charge in [-0.2, -0.15) is 0 Å². The van der Waals surface area contributed by atoms with Crippen LogP contribution in [0.25, 0.3) is 0 Å². The number of carboxylic acid groups (broad SMARTS) is 1. The maximum atomic E-state index is 13.4. The van der Waals surface area contributed by atoms with E-state index in [-0.39, 0.29) is 24.7 Å². The van der Waals surface area contributed by atoms with Gasteiger partial charge < -0.3 is 31.8 Å². The Morgan fingerprint density at radius 2 is 1.47 bits per heavy atom. The Morgan fingerprint density at radius 1 is 0.889 bits per heavy atom. The van der Waals surface area contributed by atoms with Crippen LogP contribution in [-0.2, 0) is 32.0 Å². The number of aromatic amines is 1. The third-order valence-corrected chi connectivity index (χ3v) is 5.78. The fourth-order valence-electron chi connectivity index (χ4n) is 3.50. The normalized spacial score (nSPS) is 14.5. The number of aliphatic carboxylic acids is 1. The second-order valence-electron chi connectivity index (χ2n) is 9.43. The standard InChI is InChI=1S/C25H36N6O5/c1-14(2)20(26)24(34)30-19(11-17-12-27-13-28-17)22(32)29-18(10-16-8-6-5-7-9-16)23(33)31-21(15(3)4)25(35)36/h5-9,12-15,18-21H,10-11,26H2,1-4H3,(H,27,28)(H,29,32)(H,30,34)(H,31,33)(H,35,36). The molecule has 0 aliphatic carbocycles. The monoisotopic (exact) mass is 500 g/mol. The van der Waals surface area contributed by atoms with E-state index in [0.717, 1.165) is 5.56 Å². The molecule has 36 heavy (non-hydrogen) atoms. The lowest BCUT2D eigenvalue weighted by Gasteiger charge is -2.26. The maximum absolute atomic E-state index is 13.4. The van der Waals surface area contributed by atoms with Crippen molar-refractivity contribution in [1.29, 1.82) is 0 Å². The highest BCUT2D eigenvalue weighted by Crippen LogP contribution is 2.09. The number of hydrogen-bond acceptors (Lipinski definition) is 6. The summed E-state index contributed by atoms with van der Waals surface area (Å²) in [7, 11) is 0. The first-order chi connectivity index (χ1) is 17.0. The summed E-state index contributed by atoms with van der Waals surface area (Å²) >= 11 is 0. The number of aromatic nitrogens is 2. The number of nitrogens with zero attached hydrogens (tertiary/aromatic N) is 1. The largest absolute Gasteiger partial charge is 0.480 e. The van der Waals surface area contributed by atoms with Crippen molar-refractivity contribution in [3.63, 3.8) is 0 Å². The van der Waals surface area contributed by atoms with E-state index in [9.17, 15) is 24.3 Å². The Balaban J connectivity index is 2.28. The van der Waals surface area contributed by atoms with Crippen LogP contribution in [0, 0.1) is 11.8 Å². The van der Waals surface area contributed by atoms with Crippen LogP contribution in [0.3, 0.4) is 0 Å². The summed E-state index contributed by atoms with van der Waals surface area (Å²) in [6, 6.07) is 4.94. The number of benzene rings is 1. The third kappa shape index (κ3) is 8.49. The van der Waals surface area contributed by atoms with E-state index in [1.54, 1.807) is 52.0 Å². The van der Waals surface area contributed by atoms with Gasteiger partial charge in [-0.1, -0.05) is 58.0 Å². The SMILES string of the molecule is CC(C)C(N)C(=O)NC(Cc1cnc[nH]1)C(=O)NC(Cc1ccccc1)C(=O)NC(C(=O)O)C(C)C. The molecule has 4 atom stereocenters. The summed E-state index contributed by atoms with van der Waals surface area (Å²) in [5.41, 5.74) is 7.33. The summed E-state index contributed by atoms with van der Waals surface area (Å²) in [5, 5.41) is 17.4. The van der Waals surface area contributed by atoms with Crippen LogP contribution in [0.5, 0.6) is 0 Å². The molecule has 2 rings (SSSR count). The van der Waals surface area contributed by atoms with Gasteiger partial charge in [-0.3, -0.25) is 14.4 Å². The van der Waals surface area contributed by atoms with Gasteiger partial charge in [0, 0.05) is 24.7 Å². The molecule has 1 aromatic heterocycles. The molecule has 196 valence electrons.